The molecule has 1 rings (SSSR count). The number of aldehydes is 1. The number of nitro groups is 1. The van der Waals surface area contributed by atoms with Crippen molar-refractivity contribution in [2.75, 3.05) is 6.54 Å². The van der Waals surface area contributed by atoms with Gasteiger partial charge in [0.1, 0.15) is 6.29 Å². The molecule has 0 heterocycles. The first kappa shape index (κ1) is 11.8. The molecule has 1 aliphatic rings. The van der Waals surface area contributed by atoms with E-state index in [0.717, 1.165) is 6.29 Å². The van der Waals surface area contributed by atoms with Crippen LogP contribution in [-0.4, -0.2) is 23.3 Å². The van der Waals surface area contributed by atoms with Gasteiger partial charge in [-0.3, -0.25) is 10.1 Å². The second kappa shape index (κ2) is 4.53. The second-order valence-electron chi connectivity index (χ2n) is 4.37. The summed E-state index contributed by atoms with van der Waals surface area (Å²) < 4.78 is 0. The lowest BCUT2D eigenvalue weighted by Gasteiger charge is -2.36. The van der Waals surface area contributed by atoms with Crippen molar-refractivity contribution in [1.29, 1.82) is 0 Å². The van der Waals surface area contributed by atoms with Crippen LogP contribution in [0.4, 0.5) is 0 Å². The Morgan fingerprint density at radius 2 is 2.27 bits per heavy atom. The van der Waals surface area contributed by atoms with Gasteiger partial charge in [-0.1, -0.05) is 6.08 Å². The first-order chi connectivity index (χ1) is 6.99. The minimum atomic E-state index is -0.905. The monoisotopic (exact) mass is 212 g/mol. The molecule has 2 N–H and O–H groups in total. The Hall–Kier alpha value is -1.23. The smallest absolute Gasteiger partial charge is 0.206 e. The normalized spacial score (nSPS) is 35.8. The summed E-state index contributed by atoms with van der Waals surface area (Å²) in [6, 6.07) is 0. The maximum Gasteiger partial charge on any atom is 0.206 e. The van der Waals surface area contributed by atoms with Crippen LogP contribution in [0.2, 0.25) is 0 Å². The van der Waals surface area contributed by atoms with Gasteiger partial charge in [0.2, 0.25) is 6.54 Å². The zero-order valence-corrected chi connectivity index (χ0v) is 8.59. The van der Waals surface area contributed by atoms with Gasteiger partial charge < -0.3 is 10.5 Å². The van der Waals surface area contributed by atoms with Gasteiger partial charge in [-0.25, -0.2) is 0 Å². The average Bonchev–Trinajstić information content (AvgIpc) is 2.16. The summed E-state index contributed by atoms with van der Waals surface area (Å²) >= 11 is 0. The minimum Gasteiger partial charge on any atom is -0.319 e. The summed E-state index contributed by atoms with van der Waals surface area (Å²) in [6.07, 6.45) is 4.11. The molecule has 15 heavy (non-hydrogen) atoms. The fourth-order valence-corrected chi connectivity index (χ4v) is 2.33. The van der Waals surface area contributed by atoms with Crippen LogP contribution in [0.15, 0.2) is 12.7 Å². The third kappa shape index (κ3) is 3.13. The molecule has 1 saturated carbocycles. The van der Waals surface area contributed by atoms with Crippen molar-refractivity contribution in [2.24, 2.45) is 17.6 Å². The molecule has 0 aromatic carbocycles. The first-order valence-corrected chi connectivity index (χ1v) is 4.98. The molecule has 0 aromatic rings. The molecule has 0 amide bonds. The zero-order chi connectivity index (χ0) is 11.5. The summed E-state index contributed by atoms with van der Waals surface area (Å²) in [6.45, 7) is 3.54. The largest absolute Gasteiger partial charge is 0.319 e. The Bertz CT molecular complexity index is 280. The molecule has 0 bridgehead atoms. The van der Waals surface area contributed by atoms with Crippen LogP contribution in [0.3, 0.4) is 0 Å². The molecular formula is C10H16N2O3. The van der Waals surface area contributed by atoms with E-state index in [2.05, 4.69) is 6.58 Å². The lowest BCUT2D eigenvalue weighted by atomic mass is 9.71. The molecule has 5 heteroatoms. The fourth-order valence-electron chi connectivity index (χ4n) is 2.33. The summed E-state index contributed by atoms with van der Waals surface area (Å²) in [5.41, 5.74) is 4.95. The third-order valence-corrected chi connectivity index (χ3v) is 2.92. The van der Waals surface area contributed by atoms with Gasteiger partial charge >= 0.3 is 0 Å². The molecule has 1 unspecified atom stereocenters. The van der Waals surface area contributed by atoms with Gasteiger partial charge in [0.15, 0.2) is 0 Å². The van der Waals surface area contributed by atoms with Crippen molar-refractivity contribution in [1.82, 2.24) is 0 Å². The number of hydrogen-bond acceptors (Lipinski definition) is 4. The van der Waals surface area contributed by atoms with Crippen LogP contribution in [-0.2, 0) is 4.79 Å². The molecule has 0 spiro atoms. The first-order valence-electron chi connectivity index (χ1n) is 4.98. The van der Waals surface area contributed by atoms with Crippen LogP contribution in [0.5, 0.6) is 0 Å². The highest BCUT2D eigenvalue weighted by Crippen LogP contribution is 2.34. The van der Waals surface area contributed by atoms with Crippen molar-refractivity contribution in [3.63, 3.8) is 0 Å². The zero-order valence-electron chi connectivity index (χ0n) is 8.59. The van der Waals surface area contributed by atoms with Crippen LogP contribution in [0, 0.1) is 22.0 Å². The number of carbonyl (C=O) groups excluding carboxylic acids is 1. The van der Waals surface area contributed by atoms with Crippen LogP contribution in [0.1, 0.15) is 19.3 Å². The highest BCUT2D eigenvalue weighted by molar-refractivity contribution is 5.64. The number of carbonyl (C=O) groups is 1. The van der Waals surface area contributed by atoms with Gasteiger partial charge in [0.25, 0.3) is 0 Å². The molecule has 84 valence electrons. The van der Waals surface area contributed by atoms with Crippen LogP contribution in [0.25, 0.3) is 0 Å². The maximum atomic E-state index is 10.8. The van der Waals surface area contributed by atoms with Gasteiger partial charge in [-0.2, -0.15) is 0 Å². The molecule has 3 atom stereocenters. The summed E-state index contributed by atoms with van der Waals surface area (Å²) in [4.78, 5) is 20.9. The van der Waals surface area contributed by atoms with Crippen molar-refractivity contribution >= 4 is 6.29 Å². The number of allylic oxidation sites excluding steroid dienone is 1. The van der Waals surface area contributed by atoms with Gasteiger partial charge in [-0.15, -0.1) is 6.58 Å². The van der Waals surface area contributed by atoms with E-state index in [-0.39, 0.29) is 23.3 Å². The quantitative estimate of drug-likeness (QED) is 0.322. The third-order valence-electron chi connectivity index (χ3n) is 2.92. The Balaban J connectivity index is 2.71. The van der Waals surface area contributed by atoms with Crippen LogP contribution >= 0.6 is 0 Å². The van der Waals surface area contributed by atoms with E-state index in [9.17, 15) is 14.9 Å². The molecule has 1 aliphatic carbocycles. The van der Waals surface area contributed by atoms with E-state index in [4.69, 9.17) is 5.73 Å². The maximum absolute atomic E-state index is 10.8. The summed E-state index contributed by atoms with van der Waals surface area (Å²) in [5, 5.41) is 10.4. The van der Waals surface area contributed by atoms with Crippen molar-refractivity contribution < 1.29 is 9.72 Å². The van der Waals surface area contributed by atoms with E-state index >= 15 is 0 Å². The molecule has 0 radical (unpaired) electrons. The molecule has 0 saturated heterocycles. The van der Waals surface area contributed by atoms with Crippen molar-refractivity contribution in [3.05, 3.63) is 22.8 Å². The Kier molecular flexibility index (Phi) is 3.57. The number of hydrogen-bond donors (Lipinski definition) is 1. The highest BCUT2D eigenvalue weighted by Gasteiger charge is 2.38. The lowest BCUT2D eigenvalue weighted by molar-refractivity contribution is -0.489. The van der Waals surface area contributed by atoms with E-state index in [0.29, 0.717) is 19.3 Å². The molecular weight excluding hydrogens is 196 g/mol. The average molecular weight is 212 g/mol. The Morgan fingerprint density at radius 1 is 1.60 bits per heavy atom. The van der Waals surface area contributed by atoms with Crippen LogP contribution < -0.4 is 5.73 Å². The Morgan fingerprint density at radius 3 is 2.73 bits per heavy atom. The number of rotatable bonds is 4. The van der Waals surface area contributed by atoms with E-state index < -0.39 is 5.54 Å². The second-order valence-corrected chi connectivity index (χ2v) is 4.37. The minimum absolute atomic E-state index is 0.110. The molecule has 0 aromatic heterocycles. The summed E-state index contributed by atoms with van der Waals surface area (Å²) in [5.74, 6) is -0.00847. The number of nitrogens with zero attached hydrogens (tertiary/aromatic N) is 1. The lowest BCUT2D eigenvalue weighted by Crippen LogP contribution is -2.49. The van der Waals surface area contributed by atoms with Gasteiger partial charge in [0.05, 0.1) is 5.54 Å². The standard InChI is InChI=1S/C10H16N2O3/c1-2-8-3-9(6-12(14)15)5-10(11,4-8)7-13/h2,7-9H,1,3-6,11H2/t8-,9-,10?/m1/s1. The molecule has 0 aliphatic heterocycles. The molecule has 5 nitrogen and oxygen atoms in total. The van der Waals surface area contributed by atoms with Crippen molar-refractivity contribution in [3.8, 4) is 0 Å². The topological polar surface area (TPSA) is 86.2 Å². The highest BCUT2D eigenvalue weighted by atomic mass is 16.6. The van der Waals surface area contributed by atoms with Gasteiger partial charge in [0, 0.05) is 10.8 Å². The van der Waals surface area contributed by atoms with Crippen molar-refractivity contribution in [2.45, 2.75) is 24.8 Å². The van der Waals surface area contributed by atoms with E-state index in [1.165, 1.54) is 0 Å². The molecule has 1 fully saturated rings. The van der Waals surface area contributed by atoms with E-state index in [1.807, 2.05) is 0 Å². The van der Waals surface area contributed by atoms with E-state index in [1.54, 1.807) is 6.08 Å². The SMILES string of the molecule is C=C[C@@H]1C[C@@H](C[N+](=O)[O-])CC(N)(C=O)C1. The Labute approximate surface area is 88.5 Å². The summed E-state index contributed by atoms with van der Waals surface area (Å²) in [7, 11) is 0. The predicted molar refractivity (Wildman–Crippen MR) is 55.9 cm³/mol. The fraction of sp³-hybridized carbons (Fsp3) is 0.700. The number of nitrogens with two attached hydrogens (primary N) is 1. The van der Waals surface area contributed by atoms with Gasteiger partial charge in [-0.05, 0) is 25.2 Å². The predicted octanol–water partition coefficient (Wildman–Crippen LogP) is 0.762.